The molecule has 2 aromatic carbocycles. The van der Waals surface area contributed by atoms with E-state index in [1.807, 2.05) is 0 Å². The van der Waals surface area contributed by atoms with Crippen molar-refractivity contribution in [3.63, 3.8) is 0 Å². The van der Waals surface area contributed by atoms with Gasteiger partial charge in [-0.25, -0.2) is 9.82 Å². The summed E-state index contributed by atoms with van der Waals surface area (Å²) in [6.45, 7) is 0. The fraction of sp³-hybridized carbons (Fsp3) is 0.0769. The van der Waals surface area contributed by atoms with Gasteiger partial charge >= 0.3 is 0 Å². The van der Waals surface area contributed by atoms with Crippen molar-refractivity contribution in [1.29, 1.82) is 0 Å². The maximum Gasteiger partial charge on any atom is 0.148 e. The molecule has 0 aliphatic rings. The largest absolute Gasteiger partial charge is 0.271 e. The molecule has 2 rings (SSSR count). The van der Waals surface area contributed by atoms with Gasteiger partial charge in [-0.3, -0.25) is 5.84 Å². The highest BCUT2D eigenvalue weighted by atomic mass is 79.9. The molecule has 0 spiro atoms. The normalized spacial score (nSPS) is 12.5. The van der Waals surface area contributed by atoms with Gasteiger partial charge in [-0.15, -0.1) is 0 Å². The summed E-state index contributed by atoms with van der Waals surface area (Å²) in [4.78, 5) is 0. The molecule has 1 atom stereocenters. The third-order valence-corrected chi connectivity index (χ3v) is 4.46. The molecule has 0 aliphatic heterocycles. The summed E-state index contributed by atoms with van der Waals surface area (Å²) >= 11 is 21.0. The fourth-order valence-corrected chi connectivity index (χ4v) is 2.89. The maximum absolute atomic E-state index is 14.3. The first-order valence-electron chi connectivity index (χ1n) is 5.49. The highest BCUT2D eigenvalue weighted by Gasteiger charge is 2.20. The molecule has 0 heterocycles. The van der Waals surface area contributed by atoms with E-state index in [-0.39, 0.29) is 5.02 Å². The Morgan fingerprint density at radius 2 is 1.70 bits per heavy atom. The number of hydrogen-bond acceptors (Lipinski definition) is 2. The molecule has 3 N–H and O–H groups in total. The summed E-state index contributed by atoms with van der Waals surface area (Å²) in [5.41, 5.74) is 3.49. The molecule has 0 fully saturated rings. The Balaban J connectivity index is 2.55. The van der Waals surface area contributed by atoms with Crippen LogP contribution >= 0.6 is 50.7 Å². The van der Waals surface area contributed by atoms with Gasteiger partial charge in [0, 0.05) is 20.1 Å². The smallest absolute Gasteiger partial charge is 0.148 e. The van der Waals surface area contributed by atoms with Crippen molar-refractivity contribution in [2.75, 3.05) is 0 Å². The molecule has 20 heavy (non-hydrogen) atoms. The van der Waals surface area contributed by atoms with Crippen LogP contribution in [0.15, 0.2) is 34.8 Å². The Morgan fingerprint density at radius 1 is 1.10 bits per heavy atom. The molecule has 0 radical (unpaired) electrons. The third-order valence-electron chi connectivity index (χ3n) is 2.76. The number of hydrogen-bond donors (Lipinski definition) is 2. The van der Waals surface area contributed by atoms with E-state index in [1.165, 1.54) is 0 Å². The van der Waals surface area contributed by atoms with E-state index in [0.717, 1.165) is 0 Å². The highest BCUT2D eigenvalue weighted by molar-refractivity contribution is 9.10. The number of halogens is 5. The Kier molecular flexibility index (Phi) is 5.29. The lowest BCUT2D eigenvalue weighted by Gasteiger charge is -2.19. The first-order valence-corrected chi connectivity index (χ1v) is 7.42. The van der Waals surface area contributed by atoms with Crippen molar-refractivity contribution in [2.45, 2.75) is 6.04 Å². The Hall–Kier alpha value is -0.360. The molecule has 1 unspecified atom stereocenters. The van der Waals surface area contributed by atoms with Crippen LogP contribution in [-0.4, -0.2) is 0 Å². The average molecular weight is 398 g/mol. The number of nitrogens with one attached hydrogen (secondary N) is 1. The van der Waals surface area contributed by atoms with E-state index < -0.39 is 11.9 Å². The summed E-state index contributed by atoms with van der Waals surface area (Å²) in [6, 6.07) is 7.53. The van der Waals surface area contributed by atoms with E-state index in [2.05, 4.69) is 21.4 Å². The second-order valence-corrected chi connectivity index (χ2v) is 6.17. The van der Waals surface area contributed by atoms with Gasteiger partial charge in [-0.05, 0) is 45.8 Å². The molecule has 0 bridgehead atoms. The fourth-order valence-electron chi connectivity index (χ4n) is 1.87. The van der Waals surface area contributed by atoms with E-state index in [9.17, 15) is 4.39 Å². The zero-order valence-electron chi connectivity index (χ0n) is 9.93. The molecule has 7 heteroatoms. The highest BCUT2D eigenvalue weighted by Crippen LogP contribution is 2.34. The van der Waals surface area contributed by atoms with Crippen molar-refractivity contribution in [3.8, 4) is 0 Å². The van der Waals surface area contributed by atoms with E-state index in [1.54, 1.807) is 30.3 Å². The minimum absolute atomic E-state index is 0.00382. The predicted octanol–water partition coefficient (Wildman–Crippen LogP) is 5.10. The summed E-state index contributed by atoms with van der Waals surface area (Å²) in [6.07, 6.45) is 0. The molecule has 0 amide bonds. The predicted molar refractivity (Wildman–Crippen MR) is 84.7 cm³/mol. The zero-order valence-corrected chi connectivity index (χ0v) is 13.8. The number of rotatable bonds is 3. The molecule has 2 aromatic rings. The average Bonchev–Trinajstić information content (AvgIpc) is 2.38. The quantitative estimate of drug-likeness (QED) is 0.429. The standard InChI is InChI=1S/C13H9BrCl3FN2/c14-10-2-1-9(12(18)11(10)17)13(20-19)6-3-7(15)5-8(16)4-6/h1-5,13,20H,19H2. The van der Waals surface area contributed by atoms with E-state index in [4.69, 9.17) is 40.6 Å². The Bertz CT molecular complexity index is 632. The second kappa shape index (κ2) is 6.60. The summed E-state index contributed by atoms with van der Waals surface area (Å²) in [5, 5.41) is 0.878. The van der Waals surface area contributed by atoms with Crippen LogP contribution in [0.25, 0.3) is 0 Å². The van der Waals surface area contributed by atoms with Gasteiger partial charge in [0.15, 0.2) is 0 Å². The van der Waals surface area contributed by atoms with Crippen LogP contribution in [0, 0.1) is 5.82 Å². The molecule has 0 saturated carbocycles. The third kappa shape index (κ3) is 3.27. The van der Waals surface area contributed by atoms with Gasteiger partial charge in [-0.1, -0.05) is 40.9 Å². The van der Waals surface area contributed by atoms with Crippen molar-refractivity contribution >= 4 is 50.7 Å². The number of benzene rings is 2. The number of nitrogens with two attached hydrogens (primary N) is 1. The van der Waals surface area contributed by atoms with Crippen LogP contribution in [0.5, 0.6) is 0 Å². The van der Waals surface area contributed by atoms with E-state index >= 15 is 0 Å². The Labute approximate surface area is 139 Å². The maximum atomic E-state index is 14.3. The second-order valence-electron chi connectivity index (χ2n) is 4.07. The Morgan fingerprint density at radius 3 is 2.25 bits per heavy atom. The van der Waals surface area contributed by atoms with Crippen LogP contribution in [0.2, 0.25) is 15.1 Å². The first kappa shape index (κ1) is 16.0. The van der Waals surface area contributed by atoms with Crippen molar-refractivity contribution < 1.29 is 4.39 Å². The van der Waals surface area contributed by atoms with Crippen LogP contribution in [0.4, 0.5) is 4.39 Å². The first-order chi connectivity index (χ1) is 9.43. The SMILES string of the molecule is NNC(c1cc(Cl)cc(Cl)c1)c1ccc(Br)c(Cl)c1F. The molecule has 2 nitrogen and oxygen atoms in total. The van der Waals surface area contributed by atoms with Gasteiger partial charge in [0.2, 0.25) is 0 Å². The van der Waals surface area contributed by atoms with Gasteiger partial charge in [0.25, 0.3) is 0 Å². The lowest BCUT2D eigenvalue weighted by molar-refractivity contribution is 0.560. The van der Waals surface area contributed by atoms with Crippen molar-refractivity contribution in [2.24, 2.45) is 5.84 Å². The van der Waals surface area contributed by atoms with Crippen molar-refractivity contribution in [3.05, 3.63) is 66.8 Å². The van der Waals surface area contributed by atoms with Crippen LogP contribution in [0.1, 0.15) is 17.2 Å². The van der Waals surface area contributed by atoms with Crippen LogP contribution in [-0.2, 0) is 0 Å². The summed E-state index contributed by atoms with van der Waals surface area (Å²) in [5.74, 6) is 4.98. The van der Waals surface area contributed by atoms with Crippen LogP contribution in [0.3, 0.4) is 0 Å². The van der Waals surface area contributed by atoms with Crippen LogP contribution < -0.4 is 11.3 Å². The van der Waals surface area contributed by atoms with E-state index in [0.29, 0.717) is 25.6 Å². The molecular formula is C13H9BrCl3FN2. The molecule has 0 aromatic heterocycles. The molecule has 0 saturated heterocycles. The van der Waals surface area contributed by atoms with Crippen molar-refractivity contribution in [1.82, 2.24) is 5.43 Å². The lowest BCUT2D eigenvalue weighted by Crippen LogP contribution is -2.29. The summed E-state index contributed by atoms with van der Waals surface area (Å²) in [7, 11) is 0. The molecule has 0 aliphatic carbocycles. The minimum atomic E-state index is -0.614. The topological polar surface area (TPSA) is 38.0 Å². The van der Waals surface area contributed by atoms with Gasteiger partial charge in [0.05, 0.1) is 11.1 Å². The lowest BCUT2D eigenvalue weighted by atomic mass is 9.99. The van der Waals surface area contributed by atoms with Gasteiger partial charge < -0.3 is 0 Å². The molecular weight excluding hydrogens is 389 g/mol. The number of hydrazine groups is 1. The monoisotopic (exact) mass is 396 g/mol. The van der Waals surface area contributed by atoms with Gasteiger partial charge in [-0.2, -0.15) is 0 Å². The summed E-state index contributed by atoms with van der Waals surface area (Å²) < 4.78 is 14.7. The zero-order chi connectivity index (χ0) is 14.9. The molecule has 106 valence electrons. The van der Waals surface area contributed by atoms with Gasteiger partial charge in [0.1, 0.15) is 5.82 Å². The minimum Gasteiger partial charge on any atom is -0.271 e.